The van der Waals surface area contributed by atoms with Crippen molar-refractivity contribution in [1.82, 2.24) is 0 Å². The molecule has 1 aliphatic carbocycles. The van der Waals surface area contributed by atoms with Crippen LogP contribution in [0.4, 0.5) is 0 Å². The van der Waals surface area contributed by atoms with Crippen molar-refractivity contribution >= 4 is 5.78 Å². The molecule has 0 aromatic rings. The summed E-state index contributed by atoms with van der Waals surface area (Å²) in [6.45, 7) is 0. The summed E-state index contributed by atoms with van der Waals surface area (Å²) in [5, 5.41) is 0. The van der Waals surface area contributed by atoms with Crippen LogP contribution in [0.25, 0.3) is 0 Å². The third-order valence-corrected chi connectivity index (χ3v) is 1.28. The first-order chi connectivity index (χ1) is 4.33. The quantitative estimate of drug-likeness (QED) is 0.524. The summed E-state index contributed by atoms with van der Waals surface area (Å²) in [5.41, 5.74) is 0. The number of carbonyl (C=O) groups is 1. The number of Topliss-reactive ketones (excluding diaryl/α,β-unsaturated/α-hetero) is 1. The Labute approximate surface area is 54.5 Å². The van der Waals surface area contributed by atoms with Crippen molar-refractivity contribution in [1.29, 1.82) is 0 Å². The van der Waals surface area contributed by atoms with Crippen molar-refractivity contribution in [3.63, 3.8) is 0 Å². The lowest BCUT2D eigenvalue weighted by molar-refractivity contribution is -0.119. The number of hydrogen-bond acceptors (Lipinski definition) is 2. The van der Waals surface area contributed by atoms with E-state index in [1.54, 1.807) is 7.11 Å². The number of hydrogen-bond donors (Lipinski definition) is 0. The van der Waals surface area contributed by atoms with Gasteiger partial charge in [0.2, 0.25) is 0 Å². The van der Waals surface area contributed by atoms with Crippen molar-refractivity contribution < 1.29 is 9.53 Å². The predicted octanol–water partition coefficient (Wildman–Crippen LogP) is 1.08. The Morgan fingerprint density at radius 2 is 2.44 bits per heavy atom. The van der Waals surface area contributed by atoms with E-state index in [0.29, 0.717) is 12.8 Å². The second-order valence-electron chi connectivity index (χ2n) is 1.99. The van der Waals surface area contributed by atoms with Gasteiger partial charge < -0.3 is 4.74 Å². The largest absolute Gasteiger partial charge is 0.370 e. The lowest BCUT2D eigenvalue weighted by atomic mass is 10.0. The van der Waals surface area contributed by atoms with Gasteiger partial charge in [-0.2, -0.15) is 0 Å². The SMILES string of the molecule is CO[C]1C=CCC(=O)C1. The zero-order chi connectivity index (χ0) is 6.69. The molecule has 0 amide bonds. The molecular formula is C7H9O2. The first kappa shape index (κ1) is 6.49. The molecule has 0 bridgehead atoms. The van der Waals surface area contributed by atoms with E-state index >= 15 is 0 Å². The van der Waals surface area contributed by atoms with Gasteiger partial charge in [0.25, 0.3) is 0 Å². The molecule has 0 unspecified atom stereocenters. The summed E-state index contributed by atoms with van der Waals surface area (Å²) in [6.07, 6.45) is 5.47. The molecule has 0 N–H and O–H groups in total. The Morgan fingerprint density at radius 1 is 1.67 bits per heavy atom. The van der Waals surface area contributed by atoms with Crippen LogP contribution in [0.2, 0.25) is 0 Å². The fourth-order valence-electron chi connectivity index (χ4n) is 0.787. The molecule has 0 aliphatic heterocycles. The van der Waals surface area contributed by atoms with E-state index in [9.17, 15) is 4.79 Å². The number of carbonyl (C=O) groups excluding carboxylic acids is 1. The van der Waals surface area contributed by atoms with E-state index in [-0.39, 0.29) is 5.78 Å². The molecule has 0 atom stereocenters. The fourth-order valence-corrected chi connectivity index (χ4v) is 0.787. The standard InChI is InChI=1S/C7H9O2/c1-9-7-4-2-3-6(8)5-7/h2,4H,3,5H2,1H3. The van der Waals surface area contributed by atoms with Gasteiger partial charge in [-0.05, 0) is 0 Å². The summed E-state index contributed by atoms with van der Waals surface area (Å²) in [6, 6.07) is 0. The van der Waals surface area contributed by atoms with Gasteiger partial charge in [0.15, 0.2) is 0 Å². The first-order valence-electron chi connectivity index (χ1n) is 2.91. The first-order valence-corrected chi connectivity index (χ1v) is 2.91. The van der Waals surface area contributed by atoms with Crippen LogP contribution in [0.1, 0.15) is 12.8 Å². The number of allylic oxidation sites excluding steroid dienone is 1. The minimum atomic E-state index is 0.231. The molecule has 1 rings (SSSR count). The van der Waals surface area contributed by atoms with Gasteiger partial charge in [-0.1, -0.05) is 12.2 Å². The highest BCUT2D eigenvalue weighted by atomic mass is 16.5. The van der Waals surface area contributed by atoms with Crippen LogP contribution >= 0.6 is 0 Å². The van der Waals surface area contributed by atoms with Crippen molar-refractivity contribution in [3.05, 3.63) is 18.3 Å². The lowest BCUT2D eigenvalue weighted by Crippen LogP contribution is -2.09. The van der Waals surface area contributed by atoms with Gasteiger partial charge in [0.05, 0.1) is 0 Å². The van der Waals surface area contributed by atoms with Crippen LogP contribution in [0.15, 0.2) is 12.2 Å². The zero-order valence-electron chi connectivity index (χ0n) is 5.39. The number of ketones is 1. The van der Waals surface area contributed by atoms with Gasteiger partial charge in [-0.15, -0.1) is 0 Å². The molecule has 0 aromatic carbocycles. The highest BCUT2D eigenvalue weighted by molar-refractivity contribution is 5.83. The smallest absolute Gasteiger partial charge is 0.139 e. The molecular weight excluding hydrogens is 116 g/mol. The van der Waals surface area contributed by atoms with Crippen molar-refractivity contribution in [2.24, 2.45) is 0 Å². The zero-order valence-corrected chi connectivity index (χ0v) is 5.39. The topological polar surface area (TPSA) is 26.3 Å². The molecule has 0 saturated heterocycles. The van der Waals surface area contributed by atoms with E-state index < -0.39 is 0 Å². The van der Waals surface area contributed by atoms with Gasteiger partial charge in [-0.3, -0.25) is 4.79 Å². The molecule has 2 heteroatoms. The van der Waals surface area contributed by atoms with Crippen LogP contribution in [0, 0.1) is 6.10 Å². The molecule has 9 heavy (non-hydrogen) atoms. The van der Waals surface area contributed by atoms with E-state index in [0.717, 1.165) is 6.10 Å². The highest BCUT2D eigenvalue weighted by Gasteiger charge is 2.13. The molecule has 2 nitrogen and oxygen atoms in total. The molecule has 1 radical (unpaired) electrons. The summed E-state index contributed by atoms with van der Waals surface area (Å²) in [7, 11) is 1.58. The Balaban J connectivity index is 2.49. The second-order valence-corrected chi connectivity index (χ2v) is 1.99. The summed E-state index contributed by atoms with van der Waals surface area (Å²) >= 11 is 0. The Kier molecular flexibility index (Phi) is 2.01. The summed E-state index contributed by atoms with van der Waals surface area (Å²) in [4.78, 5) is 10.7. The molecule has 0 aromatic heterocycles. The molecule has 0 saturated carbocycles. The normalized spacial score (nSPS) is 20.8. The Bertz CT molecular complexity index is 138. The van der Waals surface area contributed by atoms with E-state index in [4.69, 9.17) is 4.74 Å². The number of ether oxygens (including phenoxy) is 1. The average Bonchev–Trinajstić information content (AvgIpc) is 1.88. The van der Waals surface area contributed by atoms with Crippen molar-refractivity contribution in [3.8, 4) is 0 Å². The minimum Gasteiger partial charge on any atom is -0.370 e. The number of rotatable bonds is 1. The maximum Gasteiger partial charge on any atom is 0.139 e. The van der Waals surface area contributed by atoms with E-state index in [1.165, 1.54) is 0 Å². The second kappa shape index (κ2) is 2.78. The molecule has 49 valence electrons. The third kappa shape index (κ3) is 1.64. The third-order valence-electron chi connectivity index (χ3n) is 1.28. The van der Waals surface area contributed by atoms with Gasteiger partial charge in [-0.25, -0.2) is 0 Å². The van der Waals surface area contributed by atoms with Gasteiger partial charge in [0.1, 0.15) is 11.9 Å². The maximum atomic E-state index is 10.7. The Hall–Kier alpha value is -0.630. The van der Waals surface area contributed by atoms with Crippen LogP contribution in [-0.2, 0) is 9.53 Å². The van der Waals surface area contributed by atoms with E-state index in [1.807, 2.05) is 12.2 Å². The lowest BCUT2D eigenvalue weighted by Gasteiger charge is -2.10. The molecule has 1 aliphatic rings. The highest BCUT2D eigenvalue weighted by Crippen LogP contribution is 2.15. The van der Waals surface area contributed by atoms with E-state index in [2.05, 4.69) is 0 Å². The predicted molar refractivity (Wildman–Crippen MR) is 33.6 cm³/mol. The molecule has 0 heterocycles. The Morgan fingerprint density at radius 3 is 2.89 bits per heavy atom. The van der Waals surface area contributed by atoms with Crippen molar-refractivity contribution in [2.45, 2.75) is 12.8 Å². The molecule has 0 spiro atoms. The monoisotopic (exact) mass is 125 g/mol. The summed E-state index contributed by atoms with van der Waals surface area (Å²) in [5.74, 6) is 0.231. The van der Waals surface area contributed by atoms with Crippen LogP contribution in [-0.4, -0.2) is 12.9 Å². The molecule has 0 fully saturated rings. The average molecular weight is 125 g/mol. The summed E-state index contributed by atoms with van der Waals surface area (Å²) < 4.78 is 4.87. The fraction of sp³-hybridized carbons (Fsp3) is 0.429. The van der Waals surface area contributed by atoms with Gasteiger partial charge in [0, 0.05) is 20.0 Å². The minimum absolute atomic E-state index is 0.231. The van der Waals surface area contributed by atoms with Crippen LogP contribution in [0.3, 0.4) is 0 Å². The van der Waals surface area contributed by atoms with Crippen LogP contribution in [0.5, 0.6) is 0 Å². The van der Waals surface area contributed by atoms with Gasteiger partial charge >= 0.3 is 0 Å². The van der Waals surface area contributed by atoms with Crippen LogP contribution < -0.4 is 0 Å². The maximum absolute atomic E-state index is 10.7. The number of methoxy groups -OCH3 is 1. The van der Waals surface area contributed by atoms with Crippen molar-refractivity contribution in [2.75, 3.05) is 7.11 Å².